The first kappa shape index (κ1) is 14.2. The summed E-state index contributed by atoms with van der Waals surface area (Å²) in [5.41, 5.74) is 10.4. The molecule has 0 saturated carbocycles. The predicted molar refractivity (Wildman–Crippen MR) is 77.4 cm³/mol. The lowest BCUT2D eigenvalue weighted by Crippen LogP contribution is -2.15. The van der Waals surface area contributed by atoms with Crippen LogP contribution in [0.15, 0.2) is 22.7 Å². The lowest BCUT2D eigenvalue weighted by molar-refractivity contribution is 0.618. The van der Waals surface area contributed by atoms with E-state index in [1.54, 1.807) is 12.1 Å². The molecule has 0 amide bonds. The Morgan fingerprint density at radius 3 is 2.63 bits per heavy atom. The molecule has 2 N–H and O–H groups in total. The quantitative estimate of drug-likeness (QED) is 0.941. The Hall–Kier alpha value is -1.20. The highest BCUT2D eigenvalue weighted by Gasteiger charge is 2.17. The summed E-state index contributed by atoms with van der Waals surface area (Å²) in [6.45, 7) is 3.97. The number of rotatable bonds is 3. The van der Waals surface area contributed by atoms with E-state index >= 15 is 0 Å². The number of aromatic nitrogens is 2. The molecule has 0 spiro atoms. The number of halogens is 2. The summed E-state index contributed by atoms with van der Waals surface area (Å²) in [6.07, 6.45) is 0.659. The van der Waals surface area contributed by atoms with E-state index in [0.717, 1.165) is 22.5 Å². The molecule has 1 aromatic carbocycles. The van der Waals surface area contributed by atoms with Crippen molar-refractivity contribution < 1.29 is 4.39 Å². The molecule has 0 fully saturated rings. The number of nitrogens with zero attached hydrogens (tertiary/aromatic N) is 2. The molecule has 1 aromatic heterocycles. The van der Waals surface area contributed by atoms with Crippen molar-refractivity contribution in [1.82, 2.24) is 9.78 Å². The fourth-order valence-electron chi connectivity index (χ4n) is 2.35. The SMILES string of the molecule is Cc1nn(C)c(C)c1C(N)Cc1ccc(F)c(Br)c1. The van der Waals surface area contributed by atoms with Gasteiger partial charge in [0.15, 0.2) is 0 Å². The second-order valence-corrected chi connectivity index (χ2v) is 5.62. The van der Waals surface area contributed by atoms with Gasteiger partial charge in [-0.05, 0) is 53.9 Å². The van der Waals surface area contributed by atoms with Crippen LogP contribution in [0.2, 0.25) is 0 Å². The Labute approximate surface area is 120 Å². The van der Waals surface area contributed by atoms with E-state index in [1.165, 1.54) is 6.07 Å². The van der Waals surface area contributed by atoms with Crippen LogP contribution in [-0.2, 0) is 13.5 Å². The zero-order valence-corrected chi connectivity index (χ0v) is 12.8. The zero-order valence-electron chi connectivity index (χ0n) is 11.2. The molecular weight excluding hydrogens is 309 g/mol. The van der Waals surface area contributed by atoms with Crippen LogP contribution in [0.25, 0.3) is 0 Å². The maximum atomic E-state index is 13.2. The van der Waals surface area contributed by atoms with Gasteiger partial charge in [0.05, 0.1) is 10.2 Å². The highest BCUT2D eigenvalue weighted by atomic mass is 79.9. The smallest absolute Gasteiger partial charge is 0.137 e. The molecule has 0 aliphatic heterocycles. The number of benzene rings is 1. The van der Waals surface area contributed by atoms with E-state index in [4.69, 9.17) is 5.73 Å². The summed E-state index contributed by atoms with van der Waals surface area (Å²) in [6, 6.07) is 4.86. The van der Waals surface area contributed by atoms with E-state index < -0.39 is 0 Å². The molecule has 102 valence electrons. The van der Waals surface area contributed by atoms with Crippen LogP contribution in [0, 0.1) is 19.7 Å². The maximum absolute atomic E-state index is 13.2. The van der Waals surface area contributed by atoms with Crippen LogP contribution >= 0.6 is 15.9 Å². The fraction of sp³-hybridized carbons (Fsp3) is 0.357. The summed E-state index contributed by atoms with van der Waals surface area (Å²) < 4.78 is 15.5. The Bertz CT molecular complexity index is 607. The number of nitrogens with two attached hydrogens (primary N) is 1. The van der Waals surface area contributed by atoms with Crippen LogP contribution in [0.1, 0.15) is 28.6 Å². The van der Waals surface area contributed by atoms with Gasteiger partial charge in [0.25, 0.3) is 0 Å². The molecule has 1 atom stereocenters. The third kappa shape index (κ3) is 2.87. The topological polar surface area (TPSA) is 43.8 Å². The average molecular weight is 326 g/mol. The molecule has 0 radical (unpaired) electrons. The van der Waals surface area contributed by atoms with E-state index in [9.17, 15) is 4.39 Å². The van der Waals surface area contributed by atoms with Crippen LogP contribution < -0.4 is 5.73 Å². The number of hydrogen-bond donors (Lipinski definition) is 1. The van der Waals surface area contributed by atoms with Gasteiger partial charge >= 0.3 is 0 Å². The van der Waals surface area contributed by atoms with E-state index in [-0.39, 0.29) is 11.9 Å². The molecule has 19 heavy (non-hydrogen) atoms. The first-order chi connectivity index (χ1) is 8.90. The first-order valence-corrected chi connectivity index (χ1v) is 6.89. The van der Waals surface area contributed by atoms with Crippen molar-refractivity contribution in [2.45, 2.75) is 26.3 Å². The lowest BCUT2D eigenvalue weighted by atomic mass is 9.98. The van der Waals surface area contributed by atoms with Gasteiger partial charge in [0.2, 0.25) is 0 Å². The van der Waals surface area contributed by atoms with E-state index in [2.05, 4.69) is 21.0 Å². The molecule has 1 heterocycles. The van der Waals surface area contributed by atoms with Gasteiger partial charge in [-0.2, -0.15) is 5.10 Å². The van der Waals surface area contributed by atoms with Crippen molar-refractivity contribution in [2.24, 2.45) is 12.8 Å². The average Bonchev–Trinajstić information content (AvgIpc) is 2.58. The van der Waals surface area contributed by atoms with Crippen molar-refractivity contribution in [3.05, 3.63) is 51.0 Å². The molecule has 0 saturated heterocycles. The third-order valence-electron chi connectivity index (χ3n) is 3.38. The summed E-state index contributed by atoms with van der Waals surface area (Å²) >= 11 is 3.19. The monoisotopic (exact) mass is 325 g/mol. The second kappa shape index (κ2) is 5.43. The predicted octanol–water partition coefficient (Wildman–Crippen LogP) is 3.18. The van der Waals surface area contributed by atoms with Crippen LogP contribution in [0.3, 0.4) is 0 Å². The minimum absolute atomic E-state index is 0.133. The van der Waals surface area contributed by atoms with Crippen molar-refractivity contribution in [2.75, 3.05) is 0 Å². The normalized spacial score (nSPS) is 12.7. The summed E-state index contributed by atoms with van der Waals surface area (Å²) in [5, 5.41) is 4.37. The van der Waals surface area contributed by atoms with E-state index in [0.29, 0.717) is 10.9 Å². The highest BCUT2D eigenvalue weighted by molar-refractivity contribution is 9.10. The second-order valence-electron chi connectivity index (χ2n) is 4.77. The number of aryl methyl sites for hydroxylation is 2. The molecule has 0 aliphatic rings. The van der Waals surface area contributed by atoms with Crippen LogP contribution in [0.4, 0.5) is 4.39 Å². The zero-order chi connectivity index (χ0) is 14.2. The Kier molecular flexibility index (Phi) is 4.06. The lowest BCUT2D eigenvalue weighted by Gasteiger charge is -2.13. The molecule has 2 aromatic rings. The van der Waals surface area contributed by atoms with Crippen molar-refractivity contribution in [1.29, 1.82) is 0 Å². The molecule has 1 unspecified atom stereocenters. The summed E-state index contributed by atoms with van der Waals surface area (Å²) in [4.78, 5) is 0. The van der Waals surface area contributed by atoms with Crippen LogP contribution in [0.5, 0.6) is 0 Å². The van der Waals surface area contributed by atoms with Gasteiger partial charge in [-0.1, -0.05) is 6.07 Å². The standard InChI is InChI=1S/C14H17BrFN3/c1-8-14(9(2)19(3)18-8)13(17)7-10-4-5-12(16)11(15)6-10/h4-6,13H,7,17H2,1-3H3. The van der Waals surface area contributed by atoms with Crippen LogP contribution in [-0.4, -0.2) is 9.78 Å². The first-order valence-electron chi connectivity index (χ1n) is 6.09. The van der Waals surface area contributed by atoms with Gasteiger partial charge < -0.3 is 5.73 Å². The molecule has 5 heteroatoms. The Morgan fingerprint density at radius 1 is 1.42 bits per heavy atom. The van der Waals surface area contributed by atoms with Gasteiger partial charge in [0.1, 0.15) is 5.82 Å². The molecule has 0 aliphatic carbocycles. The van der Waals surface area contributed by atoms with E-state index in [1.807, 2.05) is 25.6 Å². The highest BCUT2D eigenvalue weighted by Crippen LogP contribution is 2.24. The molecule has 3 nitrogen and oxygen atoms in total. The minimum atomic E-state index is -0.258. The van der Waals surface area contributed by atoms with Crippen molar-refractivity contribution in [3.8, 4) is 0 Å². The number of hydrogen-bond acceptors (Lipinski definition) is 2. The third-order valence-corrected chi connectivity index (χ3v) is 3.98. The van der Waals surface area contributed by atoms with Crippen molar-refractivity contribution in [3.63, 3.8) is 0 Å². The van der Waals surface area contributed by atoms with Crippen molar-refractivity contribution >= 4 is 15.9 Å². The summed E-state index contributed by atoms with van der Waals surface area (Å²) in [7, 11) is 1.91. The Balaban J connectivity index is 2.25. The minimum Gasteiger partial charge on any atom is -0.324 e. The molecular formula is C14H17BrFN3. The molecule has 0 bridgehead atoms. The fourth-order valence-corrected chi connectivity index (χ4v) is 2.78. The van der Waals surface area contributed by atoms with Gasteiger partial charge in [-0.25, -0.2) is 4.39 Å². The maximum Gasteiger partial charge on any atom is 0.137 e. The largest absolute Gasteiger partial charge is 0.324 e. The summed E-state index contributed by atoms with van der Waals surface area (Å²) in [5.74, 6) is -0.258. The Morgan fingerprint density at radius 2 is 2.11 bits per heavy atom. The van der Waals surface area contributed by atoms with Gasteiger partial charge in [-0.15, -0.1) is 0 Å². The van der Waals surface area contributed by atoms with Gasteiger partial charge in [0, 0.05) is 24.3 Å². The van der Waals surface area contributed by atoms with Gasteiger partial charge in [-0.3, -0.25) is 4.68 Å². The molecule has 2 rings (SSSR count).